The minimum absolute atomic E-state index is 0.420. The Morgan fingerprint density at radius 2 is 2.25 bits per heavy atom. The van der Waals surface area contributed by atoms with Crippen LogP contribution in [0.4, 0.5) is 0 Å². The molecule has 0 aliphatic heterocycles. The highest BCUT2D eigenvalue weighted by Crippen LogP contribution is 2.14. The number of thiophene rings is 1. The summed E-state index contributed by atoms with van der Waals surface area (Å²) in [6.07, 6.45) is 0. The van der Waals surface area contributed by atoms with Crippen LogP contribution in [0.2, 0.25) is 0 Å². The Morgan fingerprint density at radius 1 is 1.44 bits per heavy atom. The number of ether oxygens (including phenoxy) is 1. The Bertz CT molecular complexity index is 262. The van der Waals surface area contributed by atoms with Gasteiger partial charge in [-0.1, -0.05) is 0 Å². The molecule has 0 aromatic carbocycles. The van der Waals surface area contributed by atoms with Crippen molar-refractivity contribution in [3.63, 3.8) is 0 Å². The smallest absolute Gasteiger partial charge is 0.0593 e. The molecule has 1 aromatic heterocycles. The van der Waals surface area contributed by atoms with Crippen molar-refractivity contribution in [3.05, 3.63) is 22.4 Å². The van der Waals surface area contributed by atoms with Crippen molar-refractivity contribution in [1.29, 1.82) is 0 Å². The Kier molecular flexibility index (Phi) is 6.64. The Balaban J connectivity index is 1.99. The third-order valence-corrected chi connectivity index (χ3v) is 3.12. The Morgan fingerprint density at radius 3 is 2.88 bits per heavy atom. The molecule has 16 heavy (non-hydrogen) atoms. The molecule has 0 radical (unpaired) electrons. The van der Waals surface area contributed by atoms with Gasteiger partial charge in [-0.05, 0) is 43.4 Å². The van der Waals surface area contributed by atoms with E-state index in [1.54, 1.807) is 11.3 Å². The summed E-state index contributed by atoms with van der Waals surface area (Å²) in [5.74, 6) is 0. The minimum atomic E-state index is 0.420. The maximum atomic E-state index is 5.51. The summed E-state index contributed by atoms with van der Waals surface area (Å²) in [6.45, 7) is 5.66. The van der Waals surface area contributed by atoms with Crippen molar-refractivity contribution in [2.24, 2.45) is 0 Å². The number of hydrogen-bond acceptors (Lipinski definition) is 4. The van der Waals surface area contributed by atoms with E-state index in [1.165, 1.54) is 5.56 Å². The second-order valence-electron chi connectivity index (χ2n) is 4.15. The predicted molar refractivity (Wildman–Crippen MR) is 70.1 cm³/mol. The molecule has 0 fully saturated rings. The molecule has 0 saturated heterocycles. The summed E-state index contributed by atoms with van der Waals surface area (Å²) in [5, 5.41) is 7.74. The second-order valence-corrected chi connectivity index (χ2v) is 4.93. The summed E-state index contributed by atoms with van der Waals surface area (Å²) < 4.78 is 5.51. The number of nitrogens with one attached hydrogen (secondary N) is 1. The highest BCUT2D eigenvalue weighted by atomic mass is 32.1. The van der Waals surface area contributed by atoms with Gasteiger partial charge in [0.1, 0.15) is 0 Å². The molecule has 1 rings (SSSR count). The third kappa shape index (κ3) is 5.61. The molecular weight excluding hydrogens is 220 g/mol. The molecule has 1 unspecified atom stereocenters. The number of rotatable bonds is 8. The van der Waals surface area contributed by atoms with E-state index in [9.17, 15) is 0 Å². The summed E-state index contributed by atoms with van der Waals surface area (Å²) in [5.41, 5.74) is 1.36. The van der Waals surface area contributed by atoms with Gasteiger partial charge in [-0.2, -0.15) is 11.3 Å². The van der Waals surface area contributed by atoms with E-state index in [0.717, 1.165) is 26.3 Å². The maximum Gasteiger partial charge on any atom is 0.0593 e. The molecule has 0 saturated carbocycles. The first kappa shape index (κ1) is 13.6. The fourth-order valence-corrected chi connectivity index (χ4v) is 2.09. The SMILES string of the molecule is CC(NCCOCCN(C)C)c1ccsc1. The Hall–Kier alpha value is -0.420. The number of nitrogens with zero attached hydrogens (tertiary/aromatic N) is 1. The van der Waals surface area contributed by atoms with Crippen LogP contribution in [0.1, 0.15) is 18.5 Å². The van der Waals surface area contributed by atoms with Gasteiger partial charge in [0.15, 0.2) is 0 Å². The largest absolute Gasteiger partial charge is 0.379 e. The van der Waals surface area contributed by atoms with Gasteiger partial charge < -0.3 is 15.0 Å². The van der Waals surface area contributed by atoms with Gasteiger partial charge in [0.2, 0.25) is 0 Å². The number of likely N-dealkylation sites (N-methyl/N-ethyl adjacent to an activating group) is 1. The molecule has 0 aliphatic carbocycles. The van der Waals surface area contributed by atoms with Gasteiger partial charge in [-0.25, -0.2) is 0 Å². The van der Waals surface area contributed by atoms with Crippen LogP contribution in [-0.2, 0) is 4.74 Å². The van der Waals surface area contributed by atoms with Crippen LogP contribution in [0.5, 0.6) is 0 Å². The monoisotopic (exact) mass is 242 g/mol. The molecule has 1 aromatic rings. The lowest BCUT2D eigenvalue weighted by molar-refractivity contribution is 0.118. The lowest BCUT2D eigenvalue weighted by Crippen LogP contribution is -2.25. The van der Waals surface area contributed by atoms with Gasteiger partial charge in [0.25, 0.3) is 0 Å². The van der Waals surface area contributed by atoms with Gasteiger partial charge in [0, 0.05) is 19.1 Å². The van der Waals surface area contributed by atoms with Gasteiger partial charge in [-0.15, -0.1) is 0 Å². The first-order chi connectivity index (χ1) is 7.70. The van der Waals surface area contributed by atoms with Gasteiger partial charge >= 0.3 is 0 Å². The van der Waals surface area contributed by atoms with Crippen LogP contribution in [0.25, 0.3) is 0 Å². The van der Waals surface area contributed by atoms with E-state index in [2.05, 4.69) is 48.1 Å². The zero-order valence-corrected chi connectivity index (χ0v) is 11.2. The molecule has 4 heteroatoms. The van der Waals surface area contributed by atoms with E-state index >= 15 is 0 Å². The van der Waals surface area contributed by atoms with Crippen molar-refractivity contribution < 1.29 is 4.74 Å². The highest BCUT2D eigenvalue weighted by molar-refractivity contribution is 7.07. The molecule has 3 nitrogen and oxygen atoms in total. The molecule has 1 N–H and O–H groups in total. The first-order valence-corrected chi connectivity index (χ1v) is 6.62. The lowest BCUT2D eigenvalue weighted by atomic mass is 10.2. The van der Waals surface area contributed by atoms with Crippen molar-refractivity contribution in [2.45, 2.75) is 13.0 Å². The number of hydrogen-bond donors (Lipinski definition) is 1. The zero-order valence-electron chi connectivity index (χ0n) is 10.4. The van der Waals surface area contributed by atoms with Crippen LogP contribution >= 0.6 is 11.3 Å². The summed E-state index contributed by atoms with van der Waals surface area (Å²) >= 11 is 1.74. The average Bonchev–Trinajstić information content (AvgIpc) is 2.75. The molecule has 92 valence electrons. The average molecular weight is 242 g/mol. The Labute approximate surface area is 102 Å². The van der Waals surface area contributed by atoms with Crippen molar-refractivity contribution in [2.75, 3.05) is 40.4 Å². The lowest BCUT2D eigenvalue weighted by Gasteiger charge is -2.13. The normalized spacial score (nSPS) is 13.2. The minimum Gasteiger partial charge on any atom is -0.379 e. The molecule has 1 atom stereocenters. The van der Waals surface area contributed by atoms with Crippen LogP contribution < -0.4 is 5.32 Å². The zero-order chi connectivity index (χ0) is 11.8. The standard InChI is InChI=1S/C12H22N2OS/c1-11(12-4-9-16-10-12)13-5-7-15-8-6-14(2)3/h4,9-11,13H,5-8H2,1-3H3. The maximum absolute atomic E-state index is 5.51. The van der Waals surface area contributed by atoms with Gasteiger partial charge in [-0.3, -0.25) is 0 Å². The van der Waals surface area contributed by atoms with E-state index in [-0.39, 0.29) is 0 Å². The molecular formula is C12H22N2OS. The molecule has 0 aliphatic rings. The summed E-state index contributed by atoms with van der Waals surface area (Å²) in [7, 11) is 4.11. The second kappa shape index (κ2) is 7.79. The molecule has 0 spiro atoms. The fraction of sp³-hybridized carbons (Fsp3) is 0.667. The van der Waals surface area contributed by atoms with Crippen molar-refractivity contribution in [3.8, 4) is 0 Å². The van der Waals surface area contributed by atoms with E-state index in [0.29, 0.717) is 6.04 Å². The summed E-state index contributed by atoms with van der Waals surface area (Å²) in [6, 6.07) is 2.58. The predicted octanol–water partition coefficient (Wildman–Crippen LogP) is 1.98. The van der Waals surface area contributed by atoms with Crippen molar-refractivity contribution >= 4 is 11.3 Å². The first-order valence-electron chi connectivity index (χ1n) is 5.68. The van der Waals surface area contributed by atoms with Crippen LogP contribution in [-0.4, -0.2) is 45.3 Å². The highest BCUT2D eigenvalue weighted by Gasteiger charge is 2.03. The van der Waals surface area contributed by atoms with Gasteiger partial charge in [0.05, 0.1) is 13.2 Å². The van der Waals surface area contributed by atoms with Crippen LogP contribution in [0.15, 0.2) is 16.8 Å². The van der Waals surface area contributed by atoms with E-state index in [1.807, 2.05) is 0 Å². The summed E-state index contributed by atoms with van der Waals surface area (Å²) in [4.78, 5) is 2.13. The molecule has 0 bridgehead atoms. The van der Waals surface area contributed by atoms with E-state index < -0.39 is 0 Å². The third-order valence-electron chi connectivity index (χ3n) is 2.42. The quantitative estimate of drug-likeness (QED) is 0.706. The molecule has 1 heterocycles. The molecule has 0 amide bonds. The van der Waals surface area contributed by atoms with Crippen LogP contribution in [0, 0.1) is 0 Å². The van der Waals surface area contributed by atoms with Crippen LogP contribution in [0.3, 0.4) is 0 Å². The van der Waals surface area contributed by atoms with Crippen molar-refractivity contribution in [1.82, 2.24) is 10.2 Å². The fourth-order valence-electron chi connectivity index (χ4n) is 1.34. The van der Waals surface area contributed by atoms with E-state index in [4.69, 9.17) is 4.74 Å². The topological polar surface area (TPSA) is 24.5 Å².